The quantitative estimate of drug-likeness (QED) is 0.925. The smallest absolute Gasteiger partial charge is 0.381 e. The Morgan fingerprint density at radius 1 is 1.19 bits per heavy atom. The number of alkyl halides is 3. The third-order valence-electron chi connectivity index (χ3n) is 3.78. The number of nitrogens with one attached hydrogen (secondary N) is 1. The number of para-hydroxylation sites is 1. The summed E-state index contributed by atoms with van der Waals surface area (Å²) in [6.07, 6.45) is -1.85. The van der Waals surface area contributed by atoms with Gasteiger partial charge in [0.05, 0.1) is 16.5 Å². The molecule has 2 atom stereocenters. The van der Waals surface area contributed by atoms with Gasteiger partial charge in [-0.1, -0.05) is 18.6 Å². The van der Waals surface area contributed by atoms with Gasteiger partial charge in [0.25, 0.3) is 0 Å². The van der Waals surface area contributed by atoms with Crippen LogP contribution in [0.4, 0.5) is 18.9 Å². The summed E-state index contributed by atoms with van der Waals surface area (Å²) in [6, 6.07) is 5.96. The summed E-state index contributed by atoms with van der Waals surface area (Å²) >= 11 is 0. The van der Waals surface area contributed by atoms with Gasteiger partial charge in [-0.05, 0) is 31.4 Å². The molecule has 2 rings (SSSR count). The largest absolute Gasteiger partial charge is 0.391 e. The molecule has 0 amide bonds. The first-order valence-corrected chi connectivity index (χ1v) is 8.69. The van der Waals surface area contributed by atoms with E-state index in [0.717, 1.165) is 6.26 Å². The number of sulfone groups is 1. The molecule has 0 radical (unpaired) electrons. The summed E-state index contributed by atoms with van der Waals surface area (Å²) in [5, 5.41) is 2.98. The maximum absolute atomic E-state index is 12.8. The molecule has 0 saturated heterocycles. The van der Waals surface area contributed by atoms with Crippen LogP contribution in [0.5, 0.6) is 0 Å². The van der Waals surface area contributed by atoms with E-state index in [1.54, 1.807) is 18.2 Å². The minimum Gasteiger partial charge on any atom is -0.381 e. The highest BCUT2D eigenvalue weighted by molar-refractivity contribution is 7.90. The average Bonchev–Trinajstić information content (AvgIpc) is 2.37. The fraction of sp³-hybridized carbons (Fsp3) is 0.571. The van der Waals surface area contributed by atoms with Gasteiger partial charge in [-0.3, -0.25) is 0 Å². The van der Waals surface area contributed by atoms with Gasteiger partial charge in [0, 0.05) is 12.3 Å². The summed E-state index contributed by atoms with van der Waals surface area (Å²) in [7, 11) is -3.41. The average molecular weight is 321 g/mol. The molecule has 3 nitrogen and oxygen atoms in total. The van der Waals surface area contributed by atoms with Crippen molar-refractivity contribution in [1.29, 1.82) is 0 Å². The Hall–Kier alpha value is -1.24. The zero-order valence-electron chi connectivity index (χ0n) is 11.7. The Balaban J connectivity index is 2.16. The van der Waals surface area contributed by atoms with Crippen LogP contribution in [0.2, 0.25) is 0 Å². The van der Waals surface area contributed by atoms with Crippen LogP contribution in [0.3, 0.4) is 0 Å². The predicted molar refractivity (Wildman–Crippen MR) is 75.0 cm³/mol. The summed E-state index contributed by atoms with van der Waals surface area (Å²) in [5.41, 5.74) is 0.382. The lowest BCUT2D eigenvalue weighted by atomic mass is 9.85. The highest BCUT2D eigenvalue weighted by Gasteiger charge is 2.42. The van der Waals surface area contributed by atoms with Crippen molar-refractivity contribution in [2.24, 2.45) is 5.92 Å². The minimum atomic E-state index is -4.18. The van der Waals surface area contributed by atoms with Gasteiger partial charge >= 0.3 is 6.18 Å². The lowest BCUT2D eigenvalue weighted by molar-refractivity contribution is -0.182. The van der Waals surface area contributed by atoms with Crippen molar-refractivity contribution in [2.75, 3.05) is 11.6 Å². The van der Waals surface area contributed by atoms with E-state index in [1.165, 1.54) is 6.07 Å². The topological polar surface area (TPSA) is 46.2 Å². The van der Waals surface area contributed by atoms with Gasteiger partial charge in [0.2, 0.25) is 0 Å². The van der Waals surface area contributed by atoms with E-state index < -0.39 is 21.9 Å². The molecule has 1 aromatic carbocycles. The van der Waals surface area contributed by atoms with E-state index in [1.807, 2.05) is 0 Å². The van der Waals surface area contributed by atoms with Crippen molar-refractivity contribution in [2.45, 2.75) is 42.8 Å². The van der Waals surface area contributed by atoms with Crippen molar-refractivity contribution in [1.82, 2.24) is 0 Å². The maximum atomic E-state index is 12.8. The van der Waals surface area contributed by atoms with Crippen LogP contribution in [0.15, 0.2) is 29.2 Å². The van der Waals surface area contributed by atoms with Crippen molar-refractivity contribution in [3.05, 3.63) is 24.3 Å². The number of anilines is 1. The van der Waals surface area contributed by atoms with Crippen LogP contribution in [-0.2, 0) is 9.84 Å². The third-order valence-corrected chi connectivity index (χ3v) is 4.94. The maximum Gasteiger partial charge on any atom is 0.391 e. The molecule has 1 fully saturated rings. The predicted octanol–water partition coefficient (Wildman–Crippen LogP) is 3.62. The molecule has 1 aliphatic rings. The van der Waals surface area contributed by atoms with E-state index in [-0.39, 0.29) is 23.8 Å². The Bertz CT molecular complexity index is 598. The van der Waals surface area contributed by atoms with Crippen molar-refractivity contribution >= 4 is 15.5 Å². The lowest BCUT2D eigenvalue weighted by Crippen LogP contribution is -2.34. The Morgan fingerprint density at radius 3 is 2.48 bits per heavy atom. The van der Waals surface area contributed by atoms with E-state index in [2.05, 4.69) is 5.32 Å². The number of hydrogen-bond acceptors (Lipinski definition) is 3. The number of hydrogen-bond donors (Lipinski definition) is 1. The SMILES string of the molecule is CS(=O)(=O)c1ccccc1NC1CCCC(C(F)(F)F)C1. The lowest BCUT2D eigenvalue weighted by Gasteiger charge is -2.32. The molecular weight excluding hydrogens is 303 g/mol. The van der Waals surface area contributed by atoms with Crippen LogP contribution in [-0.4, -0.2) is 26.9 Å². The first-order chi connectivity index (χ1) is 9.68. The van der Waals surface area contributed by atoms with Gasteiger partial charge in [0.1, 0.15) is 0 Å². The Kier molecular flexibility index (Phi) is 4.51. The fourth-order valence-corrected chi connectivity index (χ4v) is 3.60. The summed E-state index contributed by atoms with van der Waals surface area (Å²) in [6.45, 7) is 0. The second-order valence-corrected chi connectivity index (χ2v) is 7.50. The van der Waals surface area contributed by atoms with E-state index >= 15 is 0 Å². The van der Waals surface area contributed by atoms with Gasteiger partial charge < -0.3 is 5.32 Å². The first kappa shape index (κ1) is 16.1. The van der Waals surface area contributed by atoms with Gasteiger partial charge in [-0.2, -0.15) is 13.2 Å². The molecule has 0 heterocycles. The highest BCUT2D eigenvalue weighted by Crippen LogP contribution is 2.38. The normalized spacial score (nSPS) is 23.8. The summed E-state index contributed by atoms with van der Waals surface area (Å²) < 4.78 is 61.8. The first-order valence-electron chi connectivity index (χ1n) is 6.80. The monoisotopic (exact) mass is 321 g/mol. The van der Waals surface area contributed by atoms with Gasteiger partial charge in [0.15, 0.2) is 9.84 Å². The standard InChI is InChI=1S/C14H18F3NO2S/c1-21(19,20)13-8-3-2-7-12(13)18-11-6-4-5-10(9-11)14(15,16)17/h2-3,7-8,10-11,18H,4-6,9H2,1H3. The number of benzene rings is 1. The Morgan fingerprint density at radius 2 is 1.86 bits per heavy atom. The van der Waals surface area contributed by atoms with Crippen LogP contribution in [0.25, 0.3) is 0 Å². The van der Waals surface area contributed by atoms with Crippen molar-refractivity contribution < 1.29 is 21.6 Å². The van der Waals surface area contributed by atoms with Crippen molar-refractivity contribution in [3.8, 4) is 0 Å². The second-order valence-electron chi connectivity index (χ2n) is 5.51. The molecule has 0 aliphatic heterocycles. The minimum absolute atomic E-state index is 0.0123. The zero-order chi connectivity index (χ0) is 15.7. The summed E-state index contributed by atoms with van der Waals surface area (Å²) in [5.74, 6) is -1.31. The zero-order valence-corrected chi connectivity index (χ0v) is 12.5. The molecular formula is C14H18F3NO2S. The molecule has 0 aromatic heterocycles. The van der Waals surface area contributed by atoms with Crippen molar-refractivity contribution in [3.63, 3.8) is 0 Å². The molecule has 1 saturated carbocycles. The van der Waals surface area contributed by atoms with Crippen LogP contribution < -0.4 is 5.32 Å². The molecule has 2 unspecified atom stereocenters. The van der Waals surface area contributed by atoms with Crippen LogP contribution in [0.1, 0.15) is 25.7 Å². The highest BCUT2D eigenvalue weighted by atomic mass is 32.2. The van der Waals surface area contributed by atoms with Crippen LogP contribution >= 0.6 is 0 Å². The molecule has 0 spiro atoms. The molecule has 1 aliphatic carbocycles. The molecule has 1 aromatic rings. The fourth-order valence-electron chi connectivity index (χ4n) is 2.75. The number of halogens is 3. The van der Waals surface area contributed by atoms with Crippen LogP contribution in [0, 0.1) is 5.92 Å². The van der Waals surface area contributed by atoms with E-state index in [9.17, 15) is 21.6 Å². The molecule has 118 valence electrons. The van der Waals surface area contributed by atoms with Gasteiger partial charge in [-0.25, -0.2) is 8.42 Å². The van der Waals surface area contributed by atoms with E-state index in [4.69, 9.17) is 0 Å². The molecule has 7 heteroatoms. The number of rotatable bonds is 3. The third kappa shape index (κ3) is 4.12. The Labute approximate surface area is 122 Å². The molecule has 21 heavy (non-hydrogen) atoms. The van der Waals surface area contributed by atoms with Gasteiger partial charge in [-0.15, -0.1) is 0 Å². The second kappa shape index (κ2) is 5.87. The molecule has 1 N–H and O–H groups in total. The molecule has 0 bridgehead atoms. The van der Waals surface area contributed by atoms with E-state index in [0.29, 0.717) is 18.5 Å². The summed E-state index contributed by atoms with van der Waals surface area (Å²) in [4.78, 5) is 0.124.